The Labute approximate surface area is 111 Å². The average molecular weight is 272 g/mol. The second-order valence-corrected chi connectivity index (χ2v) is 4.26. The Hall–Kier alpha value is -1.73. The van der Waals surface area contributed by atoms with Crippen molar-refractivity contribution in [1.29, 1.82) is 0 Å². The van der Waals surface area contributed by atoms with Crippen molar-refractivity contribution in [2.75, 3.05) is 0 Å². The third kappa shape index (κ3) is 8.06. The molecule has 7 heteroatoms. The monoisotopic (exact) mass is 272 g/mol. The minimum Gasteiger partial charge on any atom is -0.480 e. The third-order valence-electron chi connectivity index (χ3n) is 2.66. The van der Waals surface area contributed by atoms with Gasteiger partial charge in [0.2, 0.25) is 0 Å². The van der Waals surface area contributed by atoms with Crippen LogP contribution in [0.3, 0.4) is 0 Å². The van der Waals surface area contributed by atoms with Crippen molar-refractivity contribution in [2.24, 2.45) is 11.5 Å². The number of nitrogens with two attached hydrogens (primary N) is 2. The molecule has 0 aliphatic rings. The molecular formula is C12H20N2O5. The van der Waals surface area contributed by atoms with Crippen LogP contribution in [0.1, 0.15) is 32.1 Å². The Balaban J connectivity index is 4.02. The van der Waals surface area contributed by atoms with Gasteiger partial charge in [0.05, 0.1) is 0 Å². The van der Waals surface area contributed by atoms with E-state index in [1.54, 1.807) is 6.08 Å². The number of aldehydes is 1. The van der Waals surface area contributed by atoms with Crippen molar-refractivity contribution < 1.29 is 24.6 Å². The van der Waals surface area contributed by atoms with E-state index in [9.17, 15) is 14.4 Å². The molecule has 7 nitrogen and oxygen atoms in total. The number of hydrogen-bond donors (Lipinski definition) is 4. The maximum Gasteiger partial charge on any atom is 0.320 e. The van der Waals surface area contributed by atoms with Gasteiger partial charge in [0, 0.05) is 0 Å². The van der Waals surface area contributed by atoms with Gasteiger partial charge < -0.3 is 21.7 Å². The number of carbonyl (C=O) groups is 3. The van der Waals surface area contributed by atoms with E-state index in [1.165, 1.54) is 0 Å². The van der Waals surface area contributed by atoms with E-state index >= 15 is 0 Å². The molecule has 0 aliphatic carbocycles. The van der Waals surface area contributed by atoms with Crippen LogP contribution < -0.4 is 11.5 Å². The molecule has 2 unspecified atom stereocenters. The predicted molar refractivity (Wildman–Crippen MR) is 68.5 cm³/mol. The lowest BCUT2D eigenvalue weighted by Crippen LogP contribution is -2.30. The minimum absolute atomic E-state index is 0.189. The smallest absolute Gasteiger partial charge is 0.320 e. The van der Waals surface area contributed by atoms with E-state index in [4.69, 9.17) is 21.7 Å². The van der Waals surface area contributed by atoms with Gasteiger partial charge in [-0.15, -0.1) is 0 Å². The van der Waals surface area contributed by atoms with Crippen molar-refractivity contribution in [2.45, 2.75) is 44.2 Å². The van der Waals surface area contributed by atoms with Crippen molar-refractivity contribution in [3.05, 3.63) is 11.6 Å². The summed E-state index contributed by atoms with van der Waals surface area (Å²) in [7, 11) is 0. The number of hydrogen-bond acceptors (Lipinski definition) is 5. The van der Waals surface area contributed by atoms with Crippen LogP contribution in [0.5, 0.6) is 0 Å². The zero-order chi connectivity index (χ0) is 14.8. The number of allylic oxidation sites excluding steroid dienone is 2. The molecule has 0 spiro atoms. The normalized spacial score (nSPS) is 14.7. The number of aliphatic carboxylic acids is 2. The Kier molecular flexibility index (Phi) is 8.39. The first-order valence-corrected chi connectivity index (χ1v) is 5.99. The summed E-state index contributed by atoms with van der Waals surface area (Å²) < 4.78 is 0. The van der Waals surface area contributed by atoms with Gasteiger partial charge in [0.15, 0.2) is 0 Å². The summed E-state index contributed by atoms with van der Waals surface area (Å²) in [5.41, 5.74) is 11.1. The van der Waals surface area contributed by atoms with Crippen LogP contribution in [0, 0.1) is 0 Å². The lowest BCUT2D eigenvalue weighted by atomic mass is 10.0. The third-order valence-corrected chi connectivity index (χ3v) is 2.66. The van der Waals surface area contributed by atoms with Crippen LogP contribution >= 0.6 is 0 Å². The van der Waals surface area contributed by atoms with Crippen LogP contribution in [0.4, 0.5) is 0 Å². The molecule has 0 radical (unpaired) electrons. The van der Waals surface area contributed by atoms with Crippen molar-refractivity contribution in [3.8, 4) is 0 Å². The van der Waals surface area contributed by atoms with Crippen LogP contribution in [0.2, 0.25) is 0 Å². The fraction of sp³-hybridized carbons (Fsp3) is 0.583. The first-order chi connectivity index (χ1) is 8.88. The SMILES string of the molecule is NC(CCC/C=C(\C=O)CCC(N)C(=O)O)C(=O)O. The number of carbonyl (C=O) groups excluding carboxylic acids is 1. The summed E-state index contributed by atoms with van der Waals surface area (Å²) >= 11 is 0. The molecule has 0 saturated carbocycles. The fourth-order valence-electron chi connectivity index (χ4n) is 1.40. The molecule has 0 aromatic rings. The molecule has 0 aliphatic heterocycles. The summed E-state index contributed by atoms with van der Waals surface area (Å²) in [4.78, 5) is 31.7. The first kappa shape index (κ1) is 17.3. The zero-order valence-electron chi connectivity index (χ0n) is 10.6. The largest absolute Gasteiger partial charge is 0.480 e. The number of unbranched alkanes of at least 4 members (excludes halogenated alkanes) is 1. The van der Waals surface area contributed by atoms with Crippen molar-refractivity contribution in [1.82, 2.24) is 0 Å². The van der Waals surface area contributed by atoms with Crippen LogP contribution in [-0.4, -0.2) is 40.5 Å². The Morgan fingerprint density at radius 3 is 2.05 bits per heavy atom. The van der Waals surface area contributed by atoms with E-state index in [-0.39, 0.29) is 6.42 Å². The maximum absolute atomic E-state index is 10.7. The fourth-order valence-corrected chi connectivity index (χ4v) is 1.40. The zero-order valence-corrected chi connectivity index (χ0v) is 10.6. The van der Waals surface area contributed by atoms with Gasteiger partial charge in [-0.2, -0.15) is 0 Å². The summed E-state index contributed by atoms with van der Waals surface area (Å²) in [5.74, 6) is -2.15. The highest BCUT2D eigenvalue weighted by atomic mass is 16.4. The van der Waals surface area contributed by atoms with E-state index in [2.05, 4.69) is 0 Å². The van der Waals surface area contributed by atoms with Gasteiger partial charge in [-0.1, -0.05) is 6.08 Å². The van der Waals surface area contributed by atoms with Gasteiger partial charge in [-0.05, 0) is 37.7 Å². The predicted octanol–water partition coefficient (Wildman–Crippen LogP) is -0.114. The second kappa shape index (κ2) is 9.23. The topological polar surface area (TPSA) is 144 Å². The molecule has 0 aromatic carbocycles. The van der Waals surface area contributed by atoms with Gasteiger partial charge in [0.1, 0.15) is 18.4 Å². The minimum atomic E-state index is -1.10. The second-order valence-electron chi connectivity index (χ2n) is 4.26. The molecule has 6 N–H and O–H groups in total. The molecule has 19 heavy (non-hydrogen) atoms. The van der Waals surface area contributed by atoms with E-state index in [0.29, 0.717) is 37.5 Å². The molecule has 0 amide bonds. The molecule has 0 rings (SSSR count). The van der Waals surface area contributed by atoms with E-state index in [1.807, 2.05) is 0 Å². The quantitative estimate of drug-likeness (QED) is 0.246. The lowest BCUT2D eigenvalue weighted by Gasteiger charge is -2.06. The van der Waals surface area contributed by atoms with E-state index < -0.39 is 24.0 Å². The number of rotatable bonds is 10. The molecule has 108 valence electrons. The van der Waals surface area contributed by atoms with Gasteiger partial charge >= 0.3 is 11.9 Å². The average Bonchev–Trinajstić information content (AvgIpc) is 2.36. The molecular weight excluding hydrogens is 252 g/mol. The first-order valence-electron chi connectivity index (χ1n) is 5.99. The summed E-state index contributed by atoms with van der Waals surface area (Å²) in [5, 5.41) is 17.2. The Morgan fingerprint density at radius 2 is 1.58 bits per heavy atom. The molecule has 0 heterocycles. The van der Waals surface area contributed by atoms with Gasteiger partial charge in [-0.25, -0.2) is 0 Å². The Bertz CT molecular complexity index is 354. The summed E-state index contributed by atoms with van der Waals surface area (Å²) in [6.45, 7) is 0. The molecule has 0 aromatic heterocycles. The van der Waals surface area contributed by atoms with Crippen molar-refractivity contribution >= 4 is 18.2 Å². The molecule has 0 saturated heterocycles. The van der Waals surface area contributed by atoms with Crippen LogP contribution in [0.15, 0.2) is 11.6 Å². The highest BCUT2D eigenvalue weighted by Gasteiger charge is 2.12. The lowest BCUT2D eigenvalue weighted by molar-refractivity contribution is -0.139. The van der Waals surface area contributed by atoms with Crippen LogP contribution in [0.25, 0.3) is 0 Å². The maximum atomic E-state index is 10.7. The molecule has 2 atom stereocenters. The van der Waals surface area contributed by atoms with Crippen LogP contribution in [-0.2, 0) is 14.4 Å². The highest BCUT2D eigenvalue weighted by Crippen LogP contribution is 2.08. The number of carboxylic acids is 2. The van der Waals surface area contributed by atoms with Gasteiger partial charge in [0.25, 0.3) is 0 Å². The van der Waals surface area contributed by atoms with Crippen molar-refractivity contribution in [3.63, 3.8) is 0 Å². The number of carboxylic acid groups (broad SMARTS) is 2. The highest BCUT2D eigenvalue weighted by molar-refractivity contribution is 5.75. The molecule has 0 fully saturated rings. The molecule has 0 bridgehead atoms. The van der Waals surface area contributed by atoms with Gasteiger partial charge in [-0.3, -0.25) is 14.4 Å². The summed E-state index contributed by atoms with van der Waals surface area (Å²) in [6, 6.07) is -1.88. The van der Waals surface area contributed by atoms with E-state index in [0.717, 1.165) is 0 Å². The summed E-state index contributed by atoms with van der Waals surface area (Å²) in [6.07, 6.45) is 4.21. The standard InChI is InChI=1S/C12H20N2O5/c13-9(11(16)17)4-2-1-3-8(7-15)5-6-10(14)12(18)19/h3,7,9-10H,1-2,4-6,13-14H2,(H,16,17)(H,18,19)/b8-3-. The Morgan fingerprint density at radius 1 is 1.05 bits per heavy atom.